The van der Waals surface area contributed by atoms with Gasteiger partial charge in [-0.15, -0.1) is 0 Å². The predicted molar refractivity (Wildman–Crippen MR) is 59.9 cm³/mol. The monoisotopic (exact) mass is 225 g/mol. The number of halogens is 1. The maximum atomic E-state index is 13.4. The van der Waals surface area contributed by atoms with Gasteiger partial charge in [-0.05, 0) is 30.9 Å². The predicted octanol–water partition coefficient (Wildman–Crippen LogP) is 2.21. The Labute approximate surface area is 94.3 Å². The molecule has 0 radical (unpaired) electrons. The van der Waals surface area contributed by atoms with Crippen molar-refractivity contribution in [2.45, 2.75) is 12.8 Å². The zero-order chi connectivity index (χ0) is 11.4. The van der Waals surface area contributed by atoms with Crippen LogP contribution in [0.15, 0.2) is 18.2 Å². The van der Waals surface area contributed by atoms with Crippen LogP contribution in [-0.2, 0) is 4.74 Å². The van der Waals surface area contributed by atoms with E-state index in [-0.39, 0.29) is 5.75 Å². The SMILES string of the molecule is Nc1ccc(OCC2CCOCC2)c(F)c1. The van der Waals surface area contributed by atoms with Crippen LogP contribution in [0.3, 0.4) is 0 Å². The summed E-state index contributed by atoms with van der Waals surface area (Å²) in [6.45, 7) is 2.10. The van der Waals surface area contributed by atoms with Gasteiger partial charge in [0.2, 0.25) is 0 Å². The standard InChI is InChI=1S/C12H16FNO2/c13-11-7-10(14)1-2-12(11)16-8-9-3-5-15-6-4-9/h1-2,7,9H,3-6,8,14H2. The minimum absolute atomic E-state index is 0.278. The van der Waals surface area contributed by atoms with Crippen LogP contribution in [0.25, 0.3) is 0 Å². The zero-order valence-corrected chi connectivity index (χ0v) is 9.12. The lowest BCUT2D eigenvalue weighted by molar-refractivity contribution is 0.0492. The van der Waals surface area contributed by atoms with Crippen molar-refractivity contribution in [1.82, 2.24) is 0 Å². The molecular formula is C12H16FNO2. The van der Waals surface area contributed by atoms with Gasteiger partial charge >= 0.3 is 0 Å². The van der Waals surface area contributed by atoms with E-state index in [0.717, 1.165) is 26.1 Å². The molecule has 0 saturated carbocycles. The number of nitrogen functional groups attached to an aromatic ring is 1. The molecule has 16 heavy (non-hydrogen) atoms. The molecule has 0 spiro atoms. The molecular weight excluding hydrogens is 209 g/mol. The Morgan fingerprint density at radius 1 is 1.38 bits per heavy atom. The first-order valence-corrected chi connectivity index (χ1v) is 5.51. The van der Waals surface area contributed by atoms with Gasteiger partial charge in [-0.1, -0.05) is 0 Å². The van der Waals surface area contributed by atoms with Crippen molar-refractivity contribution in [2.75, 3.05) is 25.6 Å². The molecule has 1 fully saturated rings. The molecule has 4 heteroatoms. The summed E-state index contributed by atoms with van der Waals surface area (Å²) in [5.74, 6) is 0.346. The summed E-state index contributed by atoms with van der Waals surface area (Å²) in [4.78, 5) is 0. The Balaban J connectivity index is 1.88. The number of rotatable bonds is 3. The average molecular weight is 225 g/mol. The van der Waals surface area contributed by atoms with Crippen LogP contribution < -0.4 is 10.5 Å². The smallest absolute Gasteiger partial charge is 0.167 e. The van der Waals surface area contributed by atoms with E-state index >= 15 is 0 Å². The zero-order valence-electron chi connectivity index (χ0n) is 9.12. The van der Waals surface area contributed by atoms with Crippen molar-refractivity contribution < 1.29 is 13.9 Å². The van der Waals surface area contributed by atoms with Crippen molar-refractivity contribution in [3.8, 4) is 5.75 Å². The van der Waals surface area contributed by atoms with Crippen molar-refractivity contribution >= 4 is 5.69 Å². The first-order valence-electron chi connectivity index (χ1n) is 5.51. The number of anilines is 1. The maximum Gasteiger partial charge on any atom is 0.167 e. The Morgan fingerprint density at radius 3 is 2.81 bits per heavy atom. The van der Waals surface area contributed by atoms with Crippen LogP contribution >= 0.6 is 0 Å². The molecule has 3 nitrogen and oxygen atoms in total. The topological polar surface area (TPSA) is 44.5 Å². The van der Waals surface area contributed by atoms with E-state index in [9.17, 15) is 4.39 Å². The third-order valence-corrected chi connectivity index (χ3v) is 2.77. The van der Waals surface area contributed by atoms with Crippen molar-refractivity contribution in [3.63, 3.8) is 0 Å². The summed E-state index contributed by atoms with van der Waals surface area (Å²) in [7, 11) is 0. The highest BCUT2D eigenvalue weighted by Gasteiger charge is 2.15. The van der Waals surface area contributed by atoms with Gasteiger partial charge in [-0.3, -0.25) is 0 Å². The Morgan fingerprint density at radius 2 is 2.12 bits per heavy atom. The van der Waals surface area contributed by atoms with Gasteiger partial charge in [-0.25, -0.2) is 4.39 Å². The number of nitrogens with two attached hydrogens (primary N) is 1. The maximum absolute atomic E-state index is 13.4. The lowest BCUT2D eigenvalue weighted by Gasteiger charge is -2.22. The van der Waals surface area contributed by atoms with E-state index in [4.69, 9.17) is 15.2 Å². The van der Waals surface area contributed by atoms with Gasteiger partial charge in [0.25, 0.3) is 0 Å². The van der Waals surface area contributed by atoms with E-state index in [2.05, 4.69) is 0 Å². The van der Waals surface area contributed by atoms with Crippen LogP contribution in [0.2, 0.25) is 0 Å². The van der Waals surface area contributed by atoms with E-state index in [0.29, 0.717) is 18.2 Å². The second-order valence-corrected chi connectivity index (χ2v) is 4.06. The van der Waals surface area contributed by atoms with Crippen molar-refractivity contribution in [2.24, 2.45) is 5.92 Å². The Hall–Kier alpha value is -1.29. The highest BCUT2D eigenvalue weighted by molar-refractivity contribution is 5.42. The lowest BCUT2D eigenvalue weighted by Crippen LogP contribution is -2.21. The number of hydrogen-bond donors (Lipinski definition) is 1. The first kappa shape index (κ1) is 11.2. The second kappa shape index (κ2) is 5.16. The quantitative estimate of drug-likeness (QED) is 0.802. The third kappa shape index (κ3) is 2.85. The number of benzene rings is 1. The fourth-order valence-electron chi connectivity index (χ4n) is 1.75. The lowest BCUT2D eigenvalue weighted by atomic mass is 10.0. The largest absolute Gasteiger partial charge is 0.490 e. The Kier molecular flexibility index (Phi) is 3.62. The normalized spacial score (nSPS) is 17.3. The molecule has 88 valence electrons. The van der Waals surface area contributed by atoms with Gasteiger partial charge in [0, 0.05) is 25.0 Å². The highest BCUT2D eigenvalue weighted by Crippen LogP contribution is 2.22. The Bertz CT molecular complexity index is 351. The van der Waals surface area contributed by atoms with Crippen LogP contribution in [0.1, 0.15) is 12.8 Å². The minimum atomic E-state index is -0.396. The molecule has 1 aromatic carbocycles. The van der Waals surface area contributed by atoms with E-state index < -0.39 is 5.82 Å². The number of ether oxygens (including phenoxy) is 2. The summed E-state index contributed by atoms with van der Waals surface area (Å²) < 4.78 is 24.1. The molecule has 0 unspecified atom stereocenters. The van der Waals surface area contributed by atoms with E-state index in [1.54, 1.807) is 12.1 Å². The fraction of sp³-hybridized carbons (Fsp3) is 0.500. The fourth-order valence-corrected chi connectivity index (χ4v) is 1.75. The molecule has 0 aliphatic carbocycles. The highest BCUT2D eigenvalue weighted by atomic mass is 19.1. The molecule has 0 bridgehead atoms. The summed E-state index contributed by atoms with van der Waals surface area (Å²) >= 11 is 0. The van der Waals surface area contributed by atoms with Crippen LogP contribution in [0.5, 0.6) is 5.75 Å². The van der Waals surface area contributed by atoms with Crippen LogP contribution in [0, 0.1) is 11.7 Å². The molecule has 1 aliphatic rings. The molecule has 0 atom stereocenters. The minimum Gasteiger partial charge on any atom is -0.490 e. The van der Waals surface area contributed by atoms with E-state index in [1.165, 1.54) is 6.07 Å². The van der Waals surface area contributed by atoms with Crippen LogP contribution in [0.4, 0.5) is 10.1 Å². The molecule has 0 aromatic heterocycles. The van der Waals surface area contributed by atoms with Crippen LogP contribution in [-0.4, -0.2) is 19.8 Å². The summed E-state index contributed by atoms with van der Waals surface area (Å²) in [5, 5.41) is 0. The molecule has 0 amide bonds. The first-order chi connectivity index (χ1) is 7.75. The van der Waals surface area contributed by atoms with Gasteiger partial charge in [0.05, 0.1) is 6.61 Å². The van der Waals surface area contributed by atoms with Crippen molar-refractivity contribution in [1.29, 1.82) is 0 Å². The van der Waals surface area contributed by atoms with E-state index in [1.807, 2.05) is 0 Å². The van der Waals surface area contributed by atoms with Gasteiger partial charge in [0.15, 0.2) is 11.6 Å². The summed E-state index contributed by atoms with van der Waals surface area (Å²) in [6.07, 6.45) is 1.97. The molecule has 2 N–H and O–H groups in total. The van der Waals surface area contributed by atoms with Gasteiger partial charge < -0.3 is 15.2 Å². The number of hydrogen-bond acceptors (Lipinski definition) is 3. The molecule has 1 aliphatic heterocycles. The summed E-state index contributed by atoms with van der Waals surface area (Å²) in [6, 6.07) is 4.49. The molecule has 1 saturated heterocycles. The molecule has 1 heterocycles. The third-order valence-electron chi connectivity index (χ3n) is 2.77. The van der Waals surface area contributed by atoms with Gasteiger partial charge in [0.1, 0.15) is 0 Å². The van der Waals surface area contributed by atoms with Crippen molar-refractivity contribution in [3.05, 3.63) is 24.0 Å². The second-order valence-electron chi connectivity index (χ2n) is 4.06. The molecule has 1 aromatic rings. The average Bonchev–Trinajstić information content (AvgIpc) is 2.29. The summed E-state index contributed by atoms with van der Waals surface area (Å²) in [5.41, 5.74) is 5.87. The van der Waals surface area contributed by atoms with Gasteiger partial charge in [-0.2, -0.15) is 0 Å². The molecule has 2 rings (SSSR count).